The molecule has 1 N–H and O–H groups in total. The molecule has 5 rings (SSSR count). The molecule has 1 amide bonds. The van der Waals surface area contributed by atoms with E-state index in [0.717, 1.165) is 27.5 Å². The van der Waals surface area contributed by atoms with Gasteiger partial charge in [0.05, 0.1) is 16.6 Å². The summed E-state index contributed by atoms with van der Waals surface area (Å²) < 4.78 is 4.11. The van der Waals surface area contributed by atoms with E-state index >= 15 is 0 Å². The zero-order valence-corrected chi connectivity index (χ0v) is 17.4. The molecular formula is C24H22N6O. The van der Waals surface area contributed by atoms with E-state index in [1.54, 1.807) is 30.9 Å². The van der Waals surface area contributed by atoms with Crippen molar-refractivity contribution in [2.24, 2.45) is 0 Å². The van der Waals surface area contributed by atoms with Gasteiger partial charge in [0.25, 0.3) is 5.91 Å². The predicted octanol–water partition coefficient (Wildman–Crippen LogP) is 4.28. The van der Waals surface area contributed by atoms with Gasteiger partial charge in [0.1, 0.15) is 5.69 Å². The van der Waals surface area contributed by atoms with E-state index in [1.165, 1.54) is 0 Å². The first-order valence-corrected chi connectivity index (χ1v) is 10.2. The van der Waals surface area contributed by atoms with Crippen LogP contribution in [0.25, 0.3) is 27.9 Å². The summed E-state index contributed by atoms with van der Waals surface area (Å²) in [6.45, 7) is 4.68. The average molecular weight is 410 g/mol. The van der Waals surface area contributed by atoms with E-state index in [0.29, 0.717) is 18.2 Å². The Labute approximate surface area is 179 Å². The molecule has 0 aliphatic carbocycles. The molecule has 0 spiro atoms. The van der Waals surface area contributed by atoms with Crippen molar-refractivity contribution in [1.29, 1.82) is 0 Å². The maximum atomic E-state index is 13.3. The van der Waals surface area contributed by atoms with Crippen LogP contribution in [0.5, 0.6) is 0 Å². The van der Waals surface area contributed by atoms with Gasteiger partial charge >= 0.3 is 0 Å². The molecule has 4 aromatic heterocycles. The van der Waals surface area contributed by atoms with Gasteiger partial charge in [0, 0.05) is 42.8 Å². The van der Waals surface area contributed by atoms with Gasteiger partial charge in [0.2, 0.25) is 5.95 Å². The summed E-state index contributed by atoms with van der Waals surface area (Å²) in [6, 6.07) is 15.9. The van der Waals surface area contributed by atoms with Crippen LogP contribution in [0.2, 0.25) is 0 Å². The molecule has 0 atom stereocenters. The molecule has 5 aromatic rings. The van der Waals surface area contributed by atoms with Crippen LogP contribution in [0.1, 0.15) is 35.9 Å². The Balaban J connectivity index is 1.71. The van der Waals surface area contributed by atoms with Crippen molar-refractivity contribution in [1.82, 2.24) is 29.4 Å². The molecule has 7 heteroatoms. The maximum absolute atomic E-state index is 13.3. The highest BCUT2D eigenvalue weighted by Gasteiger charge is 2.24. The lowest BCUT2D eigenvalue weighted by atomic mass is 10.2. The highest BCUT2D eigenvalue weighted by atomic mass is 16.1. The SMILES string of the molecule is CC(C)n1c2ccccc2c2c1cc(C(=O)NCc1cccnc1)n2-c1ncccn1. The number of fused-ring (bicyclic) bond motifs is 3. The standard InChI is InChI=1S/C24H22N6O/c1-16(2)29-19-9-4-3-8-18(19)22-20(29)13-21(30(22)24-26-11-6-12-27-24)23(31)28-15-17-7-5-10-25-14-17/h3-14,16H,15H2,1-2H3,(H,28,31). The molecule has 4 heterocycles. The quantitative estimate of drug-likeness (QED) is 0.469. The lowest BCUT2D eigenvalue weighted by Gasteiger charge is -2.11. The molecule has 1 aromatic carbocycles. The normalized spacial score (nSPS) is 11.5. The Hall–Kier alpha value is -4.00. The Morgan fingerprint density at radius 2 is 1.81 bits per heavy atom. The summed E-state index contributed by atoms with van der Waals surface area (Å²) in [5.74, 6) is 0.280. The number of carbonyl (C=O) groups excluding carboxylic acids is 1. The zero-order valence-electron chi connectivity index (χ0n) is 17.4. The van der Waals surface area contributed by atoms with Crippen LogP contribution < -0.4 is 5.32 Å². The molecular weight excluding hydrogens is 388 g/mol. The van der Waals surface area contributed by atoms with Crippen molar-refractivity contribution in [3.63, 3.8) is 0 Å². The van der Waals surface area contributed by atoms with E-state index in [-0.39, 0.29) is 11.9 Å². The second kappa shape index (κ2) is 7.68. The predicted molar refractivity (Wildman–Crippen MR) is 120 cm³/mol. The molecule has 0 bridgehead atoms. The fourth-order valence-electron chi connectivity index (χ4n) is 4.07. The zero-order chi connectivity index (χ0) is 21.4. The summed E-state index contributed by atoms with van der Waals surface area (Å²) in [5.41, 5.74) is 4.47. The number of rotatable bonds is 5. The number of pyridine rings is 1. The van der Waals surface area contributed by atoms with Gasteiger partial charge in [-0.15, -0.1) is 0 Å². The van der Waals surface area contributed by atoms with E-state index in [4.69, 9.17) is 0 Å². The monoisotopic (exact) mass is 410 g/mol. The number of aromatic nitrogens is 5. The summed E-state index contributed by atoms with van der Waals surface area (Å²) in [6.07, 6.45) is 6.84. The van der Waals surface area contributed by atoms with Crippen molar-refractivity contribution >= 4 is 27.8 Å². The van der Waals surface area contributed by atoms with Gasteiger partial charge in [-0.1, -0.05) is 24.3 Å². The minimum Gasteiger partial charge on any atom is -0.347 e. The van der Waals surface area contributed by atoms with Crippen molar-refractivity contribution in [2.75, 3.05) is 0 Å². The molecule has 0 fully saturated rings. The van der Waals surface area contributed by atoms with Crippen LogP contribution in [0.4, 0.5) is 0 Å². The average Bonchev–Trinajstić information content (AvgIpc) is 3.33. The van der Waals surface area contributed by atoms with Crippen LogP contribution in [-0.4, -0.2) is 30.0 Å². The summed E-state index contributed by atoms with van der Waals surface area (Å²) >= 11 is 0. The Morgan fingerprint density at radius 1 is 1.00 bits per heavy atom. The first kappa shape index (κ1) is 19.0. The number of nitrogens with zero attached hydrogens (tertiary/aromatic N) is 5. The number of amides is 1. The Morgan fingerprint density at radius 3 is 2.55 bits per heavy atom. The van der Waals surface area contributed by atoms with Gasteiger partial charge in [-0.05, 0) is 43.7 Å². The molecule has 7 nitrogen and oxygen atoms in total. The molecule has 0 saturated heterocycles. The van der Waals surface area contributed by atoms with Crippen LogP contribution in [0.3, 0.4) is 0 Å². The lowest BCUT2D eigenvalue weighted by Crippen LogP contribution is -2.25. The summed E-state index contributed by atoms with van der Waals surface area (Å²) in [7, 11) is 0. The van der Waals surface area contributed by atoms with Gasteiger partial charge < -0.3 is 9.88 Å². The third kappa shape index (κ3) is 3.24. The molecule has 0 aliphatic rings. The third-order valence-corrected chi connectivity index (χ3v) is 5.34. The van der Waals surface area contributed by atoms with Crippen molar-refractivity contribution in [3.05, 3.63) is 84.6 Å². The third-order valence-electron chi connectivity index (χ3n) is 5.34. The van der Waals surface area contributed by atoms with Crippen LogP contribution >= 0.6 is 0 Å². The number of hydrogen-bond donors (Lipinski definition) is 1. The van der Waals surface area contributed by atoms with E-state index < -0.39 is 0 Å². The van der Waals surface area contributed by atoms with Crippen molar-refractivity contribution in [3.8, 4) is 5.95 Å². The smallest absolute Gasteiger partial charge is 0.268 e. The maximum Gasteiger partial charge on any atom is 0.268 e. The molecule has 0 radical (unpaired) electrons. The van der Waals surface area contributed by atoms with Crippen molar-refractivity contribution < 1.29 is 4.79 Å². The summed E-state index contributed by atoms with van der Waals surface area (Å²) in [5, 5.41) is 4.07. The minimum atomic E-state index is -0.188. The highest BCUT2D eigenvalue weighted by Crippen LogP contribution is 2.35. The number of benzene rings is 1. The van der Waals surface area contributed by atoms with Crippen LogP contribution in [0.15, 0.2) is 73.3 Å². The summed E-state index contributed by atoms with van der Waals surface area (Å²) in [4.78, 5) is 26.3. The Kier molecular flexibility index (Phi) is 4.71. The van der Waals surface area contributed by atoms with E-state index in [9.17, 15) is 4.79 Å². The fourth-order valence-corrected chi connectivity index (χ4v) is 4.07. The minimum absolute atomic E-state index is 0.188. The number of nitrogens with one attached hydrogen (secondary N) is 1. The number of hydrogen-bond acceptors (Lipinski definition) is 4. The number of carbonyl (C=O) groups is 1. The highest BCUT2D eigenvalue weighted by molar-refractivity contribution is 6.11. The van der Waals surface area contributed by atoms with Crippen molar-refractivity contribution in [2.45, 2.75) is 26.4 Å². The number of para-hydroxylation sites is 1. The van der Waals surface area contributed by atoms with Crippen LogP contribution in [-0.2, 0) is 6.54 Å². The molecule has 0 unspecified atom stereocenters. The molecule has 31 heavy (non-hydrogen) atoms. The van der Waals surface area contributed by atoms with E-state index in [1.807, 2.05) is 34.9 Å². The Bertz CT molecular complexity index is 1370. The van der Waals surface area contributed by atoms with Gasteiger partial charge in [-0.2, -0.15) is 0 Å². The van der Waals surface area contributed by atoms with E-state index in [2.05, 4.69) is 50.8 Å². The van der Waals surface area contributed by atoms with Gasteiger partial charge in [-0.25, -0.2) is 9.97 Å². The molecule has 0 aliphatic heterocycles. The lowest BCUT2D eigenvalue weighted by molar-refractivity contribution is 0.0944. The molecule has 154 valence electrons. The first-order chi connectivity index (χ1) is 15.1. The largest absolute Gasteiger partial charge is 0.347 e. The van der Waals surface area contributed by atoms with Gasteiger partial charge in [-0.3, -0.25) is 14.3 Å². The van der Waals surface area contributed by atoms with Crippen LogP contribution in [0, 0.1) is 0 Å². The second-order valence-corrected chi connectivity index (χ2v) is 7.67. The van der Waals surface area contributed by atoms with Gasteiger partial charge in [0.15, 0.2) is 0 Å². The topological polar surface area (TPSA) is 77.6 Å². The first-order valence-electron chi connectivity index (χ1n) is 10.2. The molecule has 0 saturated carbocycles. The fraction of sp³-hybridized carbons (Fsp3) is 0.167. The second-order valence-electron chi connectivity index (χ2n) is 7.67.